The normalized spacial score (nSPS) is 11.7. The van der Waals surface area contributed by atoms with Crippen LogP contribution in [-0.4, -0.2) is 62.5 Å². The smallest absolute Gasteiger partial charge is 0.243 e. The van der Waals surface area contributed by atoms with E-state index >= 15 is 0 Å². The van der Waals surface area contributed by atoms with Crippen LogP contribution in [0.3, 0.4) is 0 Å². The van der Waals surface area contributed by atoms with Gasteiger partial charge < -0.3 is 19.7 Å². The lowest BCUT2D eigenvalue weighted by Crippen LogP contribution is -2.35. The molecule has 0 spiro atoms. The molecule has 0 saturated carbocycles. The van der Waals surface area contributed by atoms with Crippen molar-refractivity contribution in [1.29, 1.82) is 0 Å². The van der Waals surface area contributed by atoms with Crippen LogP contribution in [0, 0.1) is 0 Å². The van der Waals surface area contributed by atoms with E-state index in [-0.39, 0.29) is 31.2 Å². The molecule has 1 aromatic rings. The largest absolute Gasteiger partial charge is 0.490 e. The van der Waals surface area contributed by atoms with Crippen molar-refractivity contribution in [3.63, 3.8) is 0 Å². The van der Waals surface area contributed by atoms with Gasteiger partial charge in [0.1, 0.15) is 0 Å². The van der Waals surface area contributed by atoms with Gasteiger partial charge in [-0.1, -0.05) is 13.8 Å². The van der Waals surface area contributed by atoms with Crippen LogP contribution >= 0.6 is 0 Å². The number of benzene rings is 1. The summed E-state index contributed by atoms with van der Waals surface area (Å²) in [6.07, 6.45) is 1.61. The molecule has 0 fully saturated rings. The van der Waals surface area contributed by atoms with E-state index in [1.807, 2.05) is 13.8 Å². The number of aliphatic hydroxyl groups is 2. The third-order valence-corrected chi connectivity index (χ3v) is 5.07. The monoisotopic (exact) mass is 361 g/mol. The Morgan fingerprint density at radius 1 is 0.958 bits per heavy atom. The Balaban J connectivity index is 3.17. The topological polar surface area (TPSA) is 96.3 Å². The van der Waals surface area contributed by atoms with Crippen LogP contribution in [0.15, 0.2) is 23.1 Å². The fourth-order valence-electron chi connectivity index (χ4n) is 2.03. The number of ether oxygens (including phenoxy) is 2. The van der Waals surface area contributed by atoms with E-state index in [0.717, 1.165) is 17.1 Å². The van der Waals surface area contributed by atoms with E-state index in [9.17, 15) is 8.42 Å². The maximum Gasteiger partial charge on any atom is 0.243 e. The van der Waals surface area contributed by atoms with Gasteiger partial charge in [0.2, 0.25) is 10.0 Å². The molecule has 0 atom stereocenters. The predicted octanol–water partition coefficient (Wildman–Crippen LogP) is 1.24. The van der Waals surface area contributed by atoms with Crippen LogP contribution in [0.5, 0.6) is 11.5 Å². The second-order valence-electron chi connectivity index (χ2n) is 5.16. The van der Waals surface area contributed by atoms with Gasteiger partial charge >= 0.3 is 0 Å². The molecule has 0 unspecified atom stereocenters. The highest BCUT2D eigenvalue weighted by molar-refractivity contribution is 7.89. The first kappa shape index (κ1) is 20.7. The van der Waals surface area contributed by atoms with Crippen LogP contribution in [0.25, 0.3) is 0 Å². The number of hydrogen-bond donors (Lipinski definition) is 2. The number of hydrogen-bond acceptors (Lipinski definition) is 6. The van der Waals surface area contributed by atoms with Crippen molar-refractivity contribution in [2.24, 2.45) is 0 Å². The van der Waals surface area contributed by atoms with Crippen LogP contribution in [0.1, 0.15) is 26.7 Å². The van der Waals surface area contributed by atoms with Gasteiger partial charge in [-0.2, -0.15) is 4.31 Å². The van der Waals surface area contributed by atoms with Crippen LogP contribution < -0.4 is 9.47 Å². The van der Waals surface area contributed by atoms with Gasteiger partial charge in [-0.15, -0.1) is 0 Å². The minimum absolute atomic E-state index is 0.0411. The summed E-state index contributed by atoms with van der Waals surface area (Å²) in [5.74, 6) is 0.874. The standard InChI is InChI=1S/C16H27NO6S/c1-3-11-22-15-6-5-14(13-16(15)23-12-4-2)24(20,21)17(7-9-18)8-10-19/h5-6,13,18-19H,3-4,7-12H2,1-2H3. The SMILES string of the molecule is CCCOc1ccc(S(=O)(=O)N(CCO)CCO)cc1OCCC. The third-order valence-electron chi connectivity index (χ3n) is 3.18. The molecule has 8 heteroatoms. The first-order valence-corrected chi connectivity index (χ1v) is 9.56. The average Bonchev–Trinajstić information content (AvgIpc) is 2.58. The summed E-state index contributed by atoms with van der Waals surface area (Å²) in [6.45, 7) is 4.08. The van der Waals surface area contributed by atoms with Gasteiger partial charge in [0.15, 0.2) is 11.5 Å². The molecular formula is C16H27NO6S. The molecule has 0 radical (unpaired) electrons. The van der Waals surface area contributed by atoms with E-state index < -0.39 is 10.0 Å². The summed E-state index contributed by atoms with van der Waals surface area (Å²) in [5, 5.41) is 18.1. The molecule has 0 amide bonds. The molecule has 2 N–H and O–H groups in total. The van der Waals surface area contributed by atoms with Crippen molar-refractivity contribution < 1.29 is 28.1 Å². The van der Waals surface area contributed by atoms with Crippen molar-refractivity contribution >= 4 is 10.0 Å². The van der Waals surface area contributed by atoms with Crippen molar-refractivity contribution in [2.75, 3.05) is 39.5 Å². The molecule has 0 aliphatic heterocycles. The van der Waals surface area contributed by atoms with Gasteiger partial charge in [0, 0.05) is 19.2 Å². The minimum atomic E-state index is -3.83. The fraction of sp³-hybridized carbons (Fsp3) is 0.625. The Kier molecular flexibility index (Phi) is 9.05. The number of rotatable bonds is 12. The van der Waals surface area contributed by atoms with Crippen LogP contribution in [0.4, 0.5) is 0 Å². The first-order valence-electron chi connectivity index (χ1n) is 8.12. The maximum atomic E-state index is 12.7. The molecule has 0 saturated heterocycles. The molecular weight excluding hydrogens is 334 g/mol. The molecule has 0 aromatic heterocycles. The molecule has 24 heavy (non-hydrogen) atoms. The lowest BCUT2D eigenvalue weighted by molar-refractivity contribution is 0.217. The molecule has 0 bridgehead atoms. The highest BCUT2D eigenvalue weighted by atomic mass is 32.2. The van der Waals surface area contributed by atoms with Gasteiger partial charge in [0.25, 0.3) is 0 Å². The van der Waals surface area contributed by atoms with Gasteiger partial charge in [-0.25, -0.2) is 8.42 Å². The van der Waals surface area contributed by atoms with Gasteiger partial charge in [-0.05, 0) is 25.0 Å². The summed E-state index contributed by atoms with van der Waals surface area (Å²) in [5.41, 5.74) is 0. The lowest BCUT2D eigenvalue weighted by Gasteiger charge is -2.21. The maximum absolute atomic E-state index is 12.7. The van der Waals surface area contributed by atoms with Crippen LogP contribution in [-0.2, 0) is 10.0 Å². The quantitative estimate of drug-likeness (QED) is 0.581. The van der Waals surface area contributed by atoms with Crippen molar-refractivity contribution in [3.8, 4) is 11.5 Å². The lowest BCUT2D eigenvalue weighted by atomic mass is 10.3. The van der Waals surface area contributed by atoms with Crippen LogP contribution in [0.2, 0.25) is 0 Å². The molecule has 0 aliphatic carbocycles. The highest BCUT2D eigenvalue weighted by Crippen LogP contribution is 2.31. The van der Waals surface area contributed by atoms with Crippen molar-refractivity contribution in [1.82, 2.24) is 4.31 Å². The second-order valence-corrected chi connectivity index (χ2v) is 7.09. The zero-order chi connectivity index (χ0) is 18.0. The minimum Gasteiger partial charge on any atom is -0.490 e. The van der Waals surface area contributed by atoms with Gasteiger partial charge in [-0.3, -0.25) is 0 Å². The summed E-state index contributed by atoms with van der Waals surface area (Å²) in [6, 6.07) is 4.45. The Hall–Kier alpha value is -1.35. The summed E-state index contributed by atoms with van der Waals surface area (Å²) < 4.78 is 37.6. The van der Waals surface area contributed by atoms with Crippen molar-refractivity contribution in [3.05, 3.63) is 18.2 Å². The Bertz CT molecular complexity index is 584. The number of nitrogens with zero attached hydrogens (tertiary/aromatic N) is 1. The Morgan fingerprint density at radius 3 is 2.00 bits per heavy atom. The third kappa shape index (κ3) is 5.62. The first-order chi connectivity index (χ1) is 11.5. The average molecular weight is 361 g/mol. The number of sulfonamides is 1. The molecule has 0 aliphatic rings. The number of aliphatic hydroxyl groups excluding tert-OH is 2. The van der Waals surface area contributed by atoms with E-state index in [2.05, 4.69) is 0 Å². The van der Waals surface area contributed by atoms with E-state index in [0.29, 0.717) is 24.7 Å². The fourth-order valence-corrected chi connectivity index (χ4v) is 3.47. The zero-order valence-electron chi connectivity index (χ0n) is 14.3. The Labute approximate surface area is 143 Å². The molecule has 7 nitrogen and oxygen atoms in total. The highest BCUT2D eigenvalue weighted by Gasteiger charge is 2.25. The summed E-state index contributed by atoms with van der Waals surface area (Å²) >= 11 is 0. The van der Waals surface area contributed by atoms with Crippen molar-refractivity contribution in [2.45, 2.75) is 31.6 Å². The van der Waals surface area contributed by atoms with E-state index in [4.69, 9.17) is 19.7 Å². The molecule has 138 valence electrons. The van der Waals surface area contributed by atoms with Gasteiger partial charge in [0.05, 0.1) is 31.3 Å². The molecule has 1 aromatic carbocycles. The van der Waals surface area contributed by atoms with E-state index in [1.165, 1.54) is 12.1 Å². The van der Waals surface area contributed by atoms with E-state index in [1.54, 1.807) is 6.07 Å². The summed E-state index contributed by atoms with van der Waals surface area (Å²) in [7, 11) is -3.83. The molecule has 0 heterocycles. The predicted molar refractivity (Wildman–Crippen MR) is 90.9 cm³/mol. The second kappa shape index (κ2) is 10.5. The summed E-state index contributed by atoms with van der Waals surface area (Å²) in [4.78, 5) is 0.0411. The zero-order valence-corrected chi connectivity index (χ0v) is 15.1. The molecule has 1 rings (SSSR count). The Morgan fingerprint density at radius 2 is 1.50 bits per heavy atom.